The lowest BCUT2D eigenvalue weighted by Crippen LogP contribution is -2.13. The number of hydrogen-bond acceptors (Lipinski definition) is 6. The third-order valence-corrected chi connectivity index (χ3v) is 3.39. The van der Waals surface area contributed by atoms with Gasteiger partial charge in [-0.3, -0.25) is 0 Å². The normalized spacial score (nSPS) is 10.8. The second kappa shape index (κ2) is 3.13. The van der Waals surface area contributed by atoms with E-state index in [9.17, 15) is 0 Å². The number of thiophene rings is 1. The summed E-state index contributed by atoms with van der Waals surface area (Å²) in [7, 11) is 0. The van der Waals surface area contributed by atoms with Crippen molar-refractivity contribution in [3.05, 3.63) is 10.4 Å². The number of aryl methyl sites for hydroxylation is 1. The predicted molar refractivity (Wildman–Crippen MR) is 61.8 cm³/mol. The first-order valence-electron chi connectivity index (χ1n) is 4.34. The van der Waals surface area contributed by atoms with Crippen molar-refractivity contribution >= 4 is 22.3 Å². The Morgan fingerprint density at radius 2 is 1.87 bits per heavy atom. The Hall–Kier alpha value is -1.76. The minimum atomic E-state index is 0.174. The fraction of sp³-hybridized carbons (Fsp3) is 0.250. The number of anilines is 2. The van der Waals surface area contributed by atoms with Gasteiger partial charge in [-0.25, -0.2) is 4.68 Å². The summed E-state index contributed by atoms with van der Waals surface area (Å²) in [5.74, 6) is 6.38. The van der Waals surface area contributed by atoms with E-state index in [0.29, 0.717) is 10.8 Å². The van der Waals surface area contributed by atoms with Crippen LogP contribution in [-0.2, 0) is 0 Å². The van der Waals surface area contributed by atoms with Gasteiger partial charge in [-0.1, -0.05) is 0 Å². The van der Waals surface area contributed by atoms with Gasteiger partial charge in [0.2, 0.25) is 5.95 Å². The second-order valence-corrected chi connectivity index (χ2v) is 4.53. The lowest BCUT2D eigenvalue weighted by atomic mass is 10.1. The molecule has 15 heavy (non-hydrogen) atoms. The van der Waals surface area contributed by atoms with Crippen LogP contribution in [-0.4, -0.2) is 14.9 Å². The van der Waals surface area contributed by atoms with Crippen LogP contribution >= 0.6 is 11.3 Å². The minimum absolute atomic E-state index is 0.174. The standard InChI is InChI=1S/C8H12N6S/c1-3-4(2)15-6(9)5(3)7-12-13-8(10)14(7)11/h9,11H2,1-2H3,(H2,10,13). The van der Waals surface area contributed by atoms with E-state index in [-0.39, 0.29) is 5.95 Å². The highest BCUT2D eigenvalue weighted by Gasteiger charge is 2.18. The van der Waals surface area contributed by atoms with Gasteiger partial charge < -0.3 is 17.3 Å². The van der Waals surface area contributed by atoms with E-state index in [1.807, 2.05) is 13.8 Å². The summed E-state index contributed by atoms with van der Waals surface area (Å²) in [6, 6.07) is 0. The van der Waals surface area contributed by atoms with Crippen LogP contribution in [0.15, 0.2) is 0 Å². The molecule has 0 aliphatic carbocycles. The van der Waals surface area contributed by atoms with Gasteiger partial charge >= 0.3 is 0 Å². The van der Waals surface area contributed by atoms with Gasteiger partial charge in [-0.05, 0) is 19.4 Å². The summed E-state index contributed by atoms with van der Waals surface area (Å²) in [5, 5.41) is 8.29. The van der Waals surface area contributed by atoms with Crippen molar-refractivity contribution in [3.8, 4) is 11.4 Å². The molecule has 0 atom stereocenters. The first kappa shape index (κ1) is 9.78. The molecule has 2 aromatic heterocycles. The molecule has 7 heteroatoms. The Morgan fingerprint density at radius 1 is 1.20 bits per heavy atom. The highest BCUT2D eigenvalue weighted by atomic mass is 32.1. The highest BCUT2D eigenvalue weighted by molar-refractivity contribution is 7.16. The summed E-state index contributed by atoms with van der Waals surface area (Å²) in [6.07, 6.45) is 0. The van der Waals surface area contributed by atoms with Crippen molar-refractivity contribution in [3.63, 3.8) is 0 Å². The third kappa shape index (κ3) is 1.32. The van der Waals surface area contributed by atoms with Crippen molar-refractivity contribution in [2.24, 2.45) is 0 Å². The fourth-order valence-electron chi connectivity index (χ4n) is 1.41. The molecule has 2 rings (SSSR count). The van der Waals surface area contributed by atoms with Crippen molar-refractivity contribution in [2.75, 3.05) is 17.3 Å². The van der Waals surface area contributed by atoms with Crippen LogP contribution in [0.1, 0.15) is 10.4 Å². The Balaban J connectivity index is 2.68. The van der Waals surface area contributed by atoms with Crippen LogP contribution in [0.3, 0.4) is 0 Å². The topological polar surface area (TPSA) is 109 Å². The van der Waals surface area contributed by atoms with Crippen LogP contribution in [0.25, 0.3) is 11.4 Å². The van der Waals surface area contributed by atoms with Crippen molar-refractivity contribution in [2.45, 2.75) is 13.8 Å². The van der Waals surface area contributed by atoms with Gasteiger partial charge in [0.05, 0.1) is 10.6 Å². The Labute approximate surface area is 90.7 Å². The molecule has 0 saturated carbocycles. The monoisotopic (exact) mass is 224 g/mol. The Morgan fingerprint density at radius 3 is 2.27 bits per heavy atom. The first-order chi connectivity index (χ1) is 7.02. The average Bonchev–Trinajstić information content (AvgIpc) is 2.60. The maximum atomic E-state index is 5.89. The molecule has 0 amide bonds. The number of nitrogens with zero attached hydrogens (tertiary/aromatic N) is 3. The molecule has 6 nitrogen and oxygen atoms in total. The molecule has 0 bridgehead atoms. The molecule has 80 valence electrons. The molecule has 0 aliphatic heterocycles. The van der Waals surface area contributed by atoms with Crippen molar-refractivity contribution in [1.82, 2.24) is 14.9 Å². The molecular weight excluding hydrogens is 212 g/mol. The molecule has 0 spiro atoms. The number of hydrogen-bond donors (Lipinski definition) is 3. The maximum absolute atomic E-state index is 5.89. The molecular formula is C8H12N6S. The number of aromatic nitrogens is 3. The van der Waals surface area contributed by atoms with E-state index in [1.54, 1.807) is 0 Å². The van der Waals surface area contributed by atoms with E-state index in [1.165, 1.54) is 16.0 Å². The Kier molecular flexibility index (Phi) is 2.04. The van der Waals surface area contributed by atoms with Crippen LogP contribution in [0.2, 0.25) is 0 Å². The van der Waals surface area contributed by atoms with Crippen LogP contribution in [0.4, 0.5) is 10.9 Å². The third-order valence-electron chi connectivity index (χ3n) is 2.36. The SMILES string of the molecule is Cc1sc(N)c(-c2nnc(N)n2N)c1C. The predicted octanol–water partition coefficient (Wildman–Crippen LogP) is 0.502. The van der Waals surface area contributed by atoms with E-state index >= 15 is 0 Å². The lowest BCUT2D eigenvalue weighted by molar-refractivity contribution is 1.02. The molecule has 0 fully saturated rings. The van der Waals surface area contributed by atoms with Crippen LogP contribution < -0.4 is 17.3 Å². The van der Waals surface area contributed by atoms with Crippen molar-refractivity contribution in [1.29, 1.82) is 0 Å². The van der Waals surface area contributed by atoms with Crippen LogP contribution in [0, 0.1) is 13.8 Å². The summed E-state index contributed by atoms with van der Waals surface area (Å²) >= 11 is 1.51. The van der Waals surface area contributed by atoms with Crippen molar-refractivity contribution < 1.29 is 0 Å². The van der Waals surface area contributed by atoms with E-state index in [2.05, 4.69) is 10.2 Å². The summed E-state index contributed by atoms with van der Waals surface area (Å²) < 4.78 is 1.24. The number of nitrogens with two attached hydrogens (primary N) is 3. The summed E-state index contributed by atoms with van der Waals surface area (Å²) in [4.78, 5) is 1.14. The zero-order chi connectivity index (χ0) is 11.2. The second-order valence-electron chi connectivity index (χ2n) is 3.27. The molecule has 2 heterocycles. The molecule has 0 radical (unpaired) electrons. The molecule has 6 N–H and O–H groups in total. The van der Waals surface area contributed by atoms with E-state index in [0.717, 1.165) is 16.0 Å². The summed E-state index contributed by atoms with van der Waals surface area (Å²) in [6.45, 7) is 3.98. The molecule has 2 aromatic rings. The molecule has 0 aliphatic rings. The fourth-order valence-corrected chi connectivity index (χ4v) is 2.34. The van der Waals surface area contributed by atoms with E-state index < -0.39 is 0 Å². The van der Waals surface area contributed by atoms with Gasteiger partial charge in [0, 0.05) is 4.88 Å². The molecule has 0 unspecified atom stereocenters. The van der Waals surface area contributed by atoms with Gasteiger partial charge in [0.25, 0.3) is 0 Å². The smallest absolute Gasteiger partial charge is 0.241 e. The summed E-state index contributed by atoms with van der Waals surface area (Å²) in [5.41, 5.74) is 13.3. The van der Waals surface area contributed by atoms with Gasteiger partial charge in [0.1, 0.15) is 0 Å². The van der Waals surface area contributed by atoms with Gasteiger partial charge in [-0.2, -0.15) is 0 Å². The van der Waals surface area contributed by atoms with Crippen LogP contribution in [0.5, 0.6) is 0 Å². The van der Waals surface area contributed by atoms with Gasteiger partial charge in [-0.15, -0.1) is 21.5 Å². The largest absolute Gasteiger partial charge is 0.390 e. The number of rotatable bonds is 1. The number of nitrogen functional groups attached to an aromatic ring is 3. The zero-order valence-corrected chi connectivity index (χ0v) is 9.30. The van der Waals surface area contributed by atoms with E-state index in [4.69, 9.17) is 17.3 Å². The maximum Gasteiger partial charge on any atom is 0.241 e. The lowest BCUT2D eigenvalue weighted by Gasteiger charge is -2.01. The Bertz CT molecular complexity index is 511. The molecule has 0 saturated heterocycles. The average molecular weight is 224 g/mol. The first-order valence-corrected chi connectivity index (χ1v) is 5.15. The van der Waals surface area contributed by atoms with Gasteiger partial charge in [0.15, 0.2) is 5.82 Å². The quantitative estimate of drug-likeness (QED) is 0.611. The molecule has 0 aromatic carbocycles. The minimum Gasteiger partial charge on any atom is -0.390 e. The highest BCUT2D eigenvalue weighted by Crippen LogP contribution is 2.36. The zero-order valence-electron chi connectivity index (χ0n) is 8.48.